The highest BCUT2D eigenvalue weighted by Gasteiger charge is 2.26. The molecule has 1 aliphatic heterocycles. The summed E-state index contributed by atoms with van der Waals surface area (Å²) in [6.45, 7) is 7.30. The molecule has 5 rings (SSSR count). The third-order valence-corrected chi connectivity index (χ3v) is 7.80. The van der Waals surface area contributed by atoms with Crippen molar-refractivity contribution < 1.29 is 0 Å². The normalized spacial score (nSPS) is 13.8. The average Bonchev–Trinajstić information content (AvgIpc) is 3.29. The van der Waals surface area contributed by atoms with Crippen molar-refractivity contribution in [2.24, 2.45) is 14.1 Å². The summed E-state index contributed by atoms with van der Waals surface area (Å²) < 4.78 is 4.46. The minimum absolute atomic E-state index is 0.367. The minimum atomic E-state index is -0.405. The number of thiocarbonyl (C=S) groups is 1. The fourth-order valence-corrected chi connectivity index (χ4v) is 5.16. The maximum Gasteiger partial charge on any atom is 0.332 e. The van der Waals surface area contributed by atoms with Crippen LogP contribution < -0.4 is 21.5 Å². The van der Waals surface area contributed by atoms with E-state index >= 15 is 0 Å². The highest BCUT2D eigenvalue weighted by atomic mass is 35.5. The topological polar surface area (TPSA) is 80.3 Å². The van der Waals surface area contributed by atoms with Gasteiger partial charge in [-0.25, -0.2) is 4.79 Å². The summed E-state index contributed by atoms with van der Waals surface area (Å²) in [5, 5.41) is 4.68. The number of fused-ring (bicyclic) bond motifs is 1. The first-order valence-electron chi connectivity index (χ1n) is 12.4. The fourth-order valence-electron chi connectivity index (χ4n) is 4.73. The van der Waals surface area contributed by atoms with Crippen LogP contribution in [0.2, 0.25) is 5.02 Å². The van der Waals surface area contributed by atoms with Crippen LogP contribution in [0.25, 0.3) is 11.2 Å². The Morgan fingerprint density at radius 2 is 1.66 bits per heavy atom. The summed E-state index contributed by atoms with van der Waals surface area (Å²) in [6, 6.07) is 13.7. The molecule has 0 amide bonds. The molecule has 2 aromatic carbocycles. The van der Waals surface area contributed by atoms with E-state index < -0.39 is 5.69 Å². The second kappa shape index (κ2) is 10.3. The third kappa shape index (κ3) is 4.81. The summed E-state index contributed by atoms with van der Waals surface area (Å²) in [5.41, 5.74) is 4.40. The number of hydrogen-bond donors (Lipinski definition) is 1. The van der Waals surface area contributed by atoms with E-state index in [-0.39, 0.29) is 5.56 Å². The average molecular weight is 552 g/mol. The summed E-state index contributed by atoms with van der Waals surface area (Å²) in [4.78, 5) is 35.0. The van der Waals surface area contributed by atoms with Gasteiger partial charge in [-0.2, -0.15) is 4.98 Å². The molecular weight excluding hydrogens is 522 g/mol. The molecule has 3 heterocycles. The Hall–Kier alpha value is -3.63. The zero-order valence-corrected chi connectivity index (χ0v) is 23.4. The number of halogens is 1. The van der Waals surface area contributed by atoms with Crippen LogP contribution in [-0.2, 0) is 20.6 Å². The second-order valence-corrected chi connectivity index (χ2v) is 10.5. The van der Waals surface area contributed by atoms with Gasteiger partial charge in [-0.15, -0.1) is 0 Å². The lowest BCUT2D eigenvalue weighted by molar-refractivity contribution is 0.386. The van der Waals surface area contributed by atoms with Gasteiger partial charge in [0, 0.05) is 51.0 Å². The quantitative estimate of drug-likeness (QED) is 0.390. The molecule has 38 heavy (non-hydrogen) atoms. The van der Waals surface area contributed by atoms with E-state index in [1.165, 1.54) is 22.7 Å². The van der Waals surface area contributed by atoms with Crippen LogP contribution >= 0.6 is 23.8 Å². The van der Waals surface area contributed by atoms with Crippen molar-refractivity contribution in [3.63, 3.8) is 0 Å². The van der Waals surface area contributed by atoms with Crippen LogP contribution in [0.15, 0.2) is 52.1 Å². The Kier molecular flexibility index (Phi) is 7.02. The number of hydrogen-bond acceptors (Lipinski definition) is 5. The number of nitrogens with one attached hydrogen (secondary N) is 1. The van der Waals surface area contributed by atoms with E-state index in [1.807, 2.05) is 34.9 Å². The van der Waals surface area contributed by atoms with Crippen LogP contribution in [0.5, 0.6) is 0 Å². The molecular formula is C27H30ClN7O2S. The van der Waals surface area contributed by atoms with Crippen LogP contribution in [0.1, 0.15) is 16.7 Å². The molecule has 0 bridgehead atoms. The zero-order valence-electron chi connectivity index (χ0n) is 21.9. The number of aromatic nitrogens is 4. The molecule has 2 aromatic heterocycles. The van der Waals surface area contributed by atoms with Gasteiger partial charge in [-0.3, -0.25) is 18.5 Å². The van der Waals surface area contributed by atoms with Gasteiger partial charge in [0.2, 0.25) is 5.95 Å². The maximum absolute atomic E-state index is 13.2. The number of piperazine rings is 1. The van der Waals surface area contributed by atoms with E-state index in [4.69, 9.17) is 28.8 Å². The molecule has 0 unspecified atom stereocenters. The van der Waals surface area contributed by atoms with Crippen molar-refractivity contribution in [3.8, 4) is 0 Å². The Balaban J connectivity index is 1.43. The Bertz CT molecular complexity index is 1650. The zero-order chi connectivity index (χ0) is 27.1. The highest BCUT2D eigenvalue weighted by Crippen LogP contribution is 2.24. The molecule has 1 saturated heterocycles. The van der Waals surface area contributed by atoms with Gasteiger partial charge in [0.1, 0.15) is 0 Å². The first kappa shape index (κ1) is 26.0. The number of anilines is 2. The van der Waals surface area contributed by atoms with E-state index in [9.17, 15) is 9.59 Å². The molecule has 11 heteroatoms. The summed E-state index contributed by atoms with van der Waals surface area (Å²) >= 11 is 11.8. The number of rotatable bonds is 4. The van der Waals surface area contributed by atoms with Crippen molar-refractivity contribution in [3.05, 3.63) is 85.0 Å². The number of benzene rings is 2. The predicted octanol–water partition coefficient (Wildman–Crippen LogP) is 3.27. The predicted molar refractivity (Wildman–Crippen MR) is 157 cm³/mol. The molecule has 0 aliphatic carbocycles. The molecule has 1 aliphatic rings. The lowest BCUT2D eigenvalue weighted by atomic mass is 10.1. The van der Waals surface area contributed by atoms with Gasteiger partial charge in [-0.1, -0.05) is 29.8 Å². The SMILES string of the molecule is Cc1ccc(NC(=S)N2CCN(c3nc4c(c(=O)n(C)c(=O)n4C)n3Cc3ccc(Cl)cc3)CC2)cc1C. The molecule has 0 spiro atoms. The third-order valence-electron chi connectivity index (χ3n) is 7.19. The molecule has 0 saturated carbocycles. The van der Waals surface area contributed by atoms with Crippen LogP contribution in [0, 0.1) is 13.8 Å². The fraction of sp³-hybridized carbons (Fsp3) is 0.333. The van der Waals surface area contributed by atoms with Crippen molar-refractivity contribution >= 4 is 51.7 Å². The number of aryl methyl sites for hydroxylation is 3. The number of imidazole rings is 1. The molecule has 0 atom stereocenters. The summed E-state index contributed by atoms with van der Waals surface area (Å²) in [6.07, 6.45) is 0. The summed E-state index contributed by atoms with van der Waals surface area (Å²) in [7, 11) is 3.13. The van der Waals surface area contributed by atoms with Crippen molar-refractivity contribution in [1.29, 1.82) is 0 Å². The highest BCUT2D eigenvalue weighted by molar-refractivity contribution is 7.80. The van der Waals surface area contributed by atoms with Gasteiger partial charge >= 0.3 is 5.69 Å². The first-order valence-corrected chi connectivity index (χ1v) is 13.2. The summed E-state index contributed by atoms with van der Waals surface area (Å²) in [5.74, 6) is 0.654. The standard InChI is InChI=1S/C27H30ClN7O2S/c1-17-5-10-21(15-18(17)2)29-26(38)34-13-11-33(12-14-34)25-30-23-22(24(36)32(4)27(37)31(23)3)35(25)16-19-6-8-20(28)9-7-19/h5-10,15H,11-14,16H2,1-4H3,(H,29,38). The molecule has 198 valence electrons. The van der Waals surface area contributed by atoms with Crippen LogP contribution in [0.4, 0.5) is 11.6 Å². The molecule has 9 nitrogen and oxygen atoms in total. The smallest absolute Gasteiger partial charge is 0.332 e. The lowest BCUT2D eigenvalue weighted by Crippen LogP contribution is -2.50. The largest absolute Gasteiger partial charge is 0.345 e. The van der Waals surface area contributed by atoms with E-state index in [1.54, 1.807) is 7.05 Å². The molecule has 4 aromatic rings. The van der Waals surface area contributed by atoms with Crippen molar-refractivity contribution in [2.75, 3.05) is 36.4 Å². The van der Waals surface area contributed by atoms with E-state index in [2.05, 4.69) is 41.1 Å². The number of nitrogens with zero attached hydrogens (tertiary/aromatic N) is 6. The Labute approximate surface area is 230 Å². The minimum Gasteiger partial charge on any atom is -0.345 e. The molecule has 0 radical (unpaired) electrons. The monoisotopic (exact) mass is 551 g/mol. The van der Waals surface area contributed by atoms with Crippen LogP contribution in [-0.4, -0.2) is 54.9 Å². The second-order valence-electron chi connectivity index (χ2n) is 9.71. The lowest BCUT2D eigenvalue weighted by Gasteiger charge is -2.36. The Morgan fingerprint density at radius 3 is 2.32 bits per heavy atom. The molecule has 1 fully saturated rings. The van der Waals surface area contributed by atoms with Gasteiger partial charge in [0.25, 0.3) is 5.56 Å². The van der Waals surface area contributed by atoms with Gasteiger partial charge in [0.15, 0.2) is 16.3 Å². The van der Waals surface area contributed by atoms with Crippen LogP contribution in [0.3, 0.4) is 0 Å². The van der Waals surface area contributed by atoms with Crippen molar-refractivity contribution in [2.45, 2.75) is 20.4 Å². The van der Waals surface area contributed by atoms with Gasteiger partial charge in [0.05, 0.1) is 6.54 Å². The molecule has 1 N–H and O–H groups in total. The Morgan fingerprint density at radius 1 is 0.974 bits per heavy atom. The first-order chi connectivity index (χ1) is 18.1. The van der Waals surface area contributed by atoms with E-state index in [0.717, 1.165) is 15.8 Å². The van der Waals surface area contributed by atoms with Crippen molar-refractivity contribution in [1.82, 2.24) is 23.6 Å². The van der Waals surface area contributed by atoms with Gasteiger partial charge in [-0.05, 0) is 67.0 Å². The van der Waals surface area contributed by atoms with E-state index in [0.29, 0.717) is 60.0 Å². The maximum atomic E-state index is 13.2. The van der Waals surface area contributed by atoms with Gasteiger partial charge < -0.3 is 15.1 Å².